The molecule has 234 valence electrons. The van der Waals surface area contributed by atoms with E-state index in [1.165, 1.54) is 0 Å². The zero-order chi connectivity index (χ0) is 32.6. The minimum atomic E-state index is -4.64. The van der Waals surface area contributed by atoms with Crippen molar-refractivity contribution in [2.24, 2.45) is 0 Å². The van der Waals surface area contributed by atoms with Crippen molar-refractivity contribution in [1.29, 1.82) is 0 Å². The summed E-state index contributed by atoms with van der Waals surface area (Å²) in [7, 11) is -4.64. The summed E-state index contributed by atoms with van der Waals surface area (Å²) < 4.78 is 8.88. The minimum absolute atomic E-state index is 0.106. The highest BCUT2D eigenvalue weighted by Gasteiger charge is 2.48. The Morgan fingerprint density at radius 2 is 0.902 bits per heavy atom. The third-order valence-corrected chi connectivity index (χ3v) is 7.19. The first-order chi connectivity index (χ1) is 18.1. The maximum Gasteiger partial charge on any atom is 0.466 e. The van der Waals surface area contributed by atoms with Crippen molar-refractivity contribution in [3.8, 4) is 0 Å². The molecule has 2 rings (SSSR count). The molecule has 2 aromatic rings. The molecule has 0 bridgehead atoms. The number of phosphoric acid groups is 1. The smallest absolute Gasteiger partial charge is 0.394 e. The summed E-state index contributed by atoms with van der Waals surface area (Å²) >= 11 is 0. The molecule has 2 aromatic carbocycles. The Hall–Kier alpha value is -1.61. The van der Waals surface area contributed by atoms with Crippen LogP contribution in [0.15, 0.2) is 36.4 Å². The third-order valence-electron chi connectivity index (χ3n) is 7.19. The second-order valence-electron chi connectivity index (χ2n) is 15.0. The van der Waals surface area contributed by atoms with Crippen LogP contribution < -0.4 is 0 Å². The highest BCUT2D eigenvalue weighted by molar-refractivity contribution is 7.45. The number of aliphatic hydroxyl groups is 4. The van der Waals surface area contributed by atoms with Crippen molar-refractivity contribution in [3.05, 3.63) is 69.8 Å². The van der Waals surface area contributed by atoms with E-state index < -0.39 is 32.2 Å². The molecule has 0 heterocycles. The van der Waals surface area contributed by atoms with E-state index in [-0.39, 0.29) is 21.7 Å². The number of hydrogen-bond acceptors (Lipinski definition) is 5. The molecule has 9 heteroatoms. The fraction of sp³-hybridized carbons (Fsp3) is 0.625. The van der Waals surface area contributed by atoms with Crippen LogP contribution >= 0.6 is 7.82 Å². The summed E-state index contributed by atoms with van der Waals surface area (Å²) in [5, 5.41) is 44.7. The average molecular weight is 597 g/mol. The molecule has 0 saturated heterocycles. The van der Waals surface area contributed by atoms with E-state index in [9.17, 15) is 20.4 Å². The van der Waals surface area contributed by atoms with Gasteiger partial charge in [0.25, 0.3) is 0 Å². The molecule has 0 radical (unpaired) electrons. The van der Waals surface area contributed by atoms with Gasteiger partial charge in [0, 0.05) is 0 Å². The SMILES string of the molecule is CC(C)(C)c1ccc(C(O)(c2ccc(C(C)(C)C)cc2C(C)(C)C)C(O)C(O)CO)c(C(C)(C)C)c1.O=P(O)(O)O. The van der Waals surface area contributed by atoms with Crippen LogP contribution in [-0.2, 0) is 31.8 Å². The Balaban J connectivity index is 0.00000154. The highest BCUT2D eigenvalue weighted by Crippen LogP contribution is 2.46. The van der Waals surface area contributed by atoms with Crippen molar-refractivity contribution in [2.45, 2.75) is 123 Å². The fourth-order valence-electron chi connectivity index (χ4n) is 4.77. The maximum atomic E-state index is 12.7. The molecular weight excluding hydrogens is 543 g/mol. The Labute approximate surface area is 246 Å². The summed E-state index contributed by atoms with van der Waals surface area (Å²) in [5.74, 6) is 0. The molecule has 2 atom stereocenters. The second-order valence-corrected chi connectivity index (χ2v) is 16.0. The molecule has 0 saturated carbocycles. The lowest BCUT2D eigenvalue weighted by Crippen LogP contribution is -2.51. The summed E-state index contributed by atoms with van der Waals surface area (Å²) in [6.45, 7) is 24.7. The van der Waals surface area contributed by atoms with Gasteiger partial charge in [0.1, 0.15) is 17.8 Å². The highest BCUT2D eigenvalue weighted by atomic mass is 31.2. The van der Waals surface area contributed by atoms with Crippen LogP contribution in [0.1, 0.15) is 116 Å². The molecule has 41 heavy (non-hydrogen) atoms. The summed E-state index contributed by atoms with van der Waals surface area (Å²) in [5.41, 5.74) is 2.21. The van der Waals surface area contributed by atoms with E-state index in [4.69, 9.17) is 19.2 Å². The van der Waals surface area contributed by atoms with Crippen molar-refractivity contribution in [2.75, 3.05) is 6.61 Å². The van der Waals surface area contributed by atoms with Crippen LogP contribution in [0, 0.1) is 0 Å². The van der Waals surface area contributed by atoms with E-state index in [1.807, 2.05) is 24.3 Å². The normalized spacial score (nSPS) is 15.2. The molecule has 0 fully saturated rings. The van der Waals surface area contributed by atoms with Gasteiger partial charge < -0.3 is 35.1 Å². The molecule has 8 nitrogen and oxygen atoms in total. The summed E-state index contributed by atoms with van der Waals surface area (Å²) in [4.78, 5) is 21.6. The van der Waals surface area contributed by atoms with Gasteiger partial charge in [-0.3, -0.25) is 0 Å². The van der Waals surface area contributed by atoms with E-state index in [0.717, 1.165) is 22.3 Å². The van der Waals surface area contributed by atoms with Gasteiger partial charge in [-0.2, -0.15) is 0 Å². The number of hydrogen-bond donors (Lipinski definition) is 7. The third kappa shape index (κ3) is 9.70. The Morgan fingerprint density at radius 1 is 0.610 bits per heavy atom. The minimum Gasteiger partial charge on any atom is -0.394 e. The van der Waals surface area contributed by atoms with Gasteiger partial charge in [0.2, 0.25) is 0 Å². The van der Waals surface area contributed by atoms with Crippen LogP contribution in [-0.4, -0.2) is 53.9 Å². The quantitative estimate of drug-likeness (QED) is 0.240. The van der Waals surface area contributed by atoms with Gasteiger partial charge >= 0.3 is 7.82 Å². The van der Waals surface area contributed by atoms with Gasteiger partial charge in [-0.1, -0.05) is 119 Å². The van der Waals surface area contributed by atoms with Crippen molar-refractivity contribution in [3.63, 3.8) is 0 Å². The zero-order valence-corrected chi connectivity index (χ0v) is 27.7. The predicted octanol–water partition coefficient (Wildman–Crippen LogP) is 4.90. The first kappa shape index (κ1) is 37.4. The number of aliphatic hydroxyl groups excluding tert-OH is 3. The zero-order valence-electron chi connectivity index (χ0n) is 26.8. The Bertz CT molecular complexity index is 1140. The van der Waals surface area contributed by atoms with Crippen LogP contribution in [0.4, 0.5) is 0 Å². The lowest BCUT2D eigenvalue weighted by Gasteiger charge is -2.42. The molecule has 0 aliphatic rings. The van der Waals surface area contributed by atoms with Gasteiger partial charge in [-0.05, 0) is 55.0 Å². The largest absolute Gasteiger partial charge is 0.466 e. The first-order valence-electron chi connectivity index (χ1n) is 13.8. The van der Waals surface area contributed by atoms with Crippen LogP contribution in [0.5, 0.6) is 0 Å². The predicted molar refractivity (Wildman–Crippen MR) is 164 cm³/mol. The topological polar surface area (TPSA) is 159 Å². The molecule has 0 amide bonds. The number of benzene rings is 2. The molecule has 0 aliphatic carbocycles. The maximum absolute atomic E-state index is 12.7. The lowest BCUT2D eigenvalue weighted by atomic mass is 9.67. The summed E-state index contributed by atoms with van der Waals surface area (Å²) in [6.07, 6.45) is -3.18. The van der Waals surface area contributed by atoms with E-state index in [1.54, 1.807) is 0 Å². The Kier molecular flexibility index (Phi) is 11.5. The monoisotopic (exact) mass is 596 g/mol. The molecule has 2 unspecified atom stereocenters. The van der Waals surface area contributed by atoms with Gasteiger partial charge in [0.15, 0.2) is 0 Å². The lowest BCUT2D eigenvalue weighted by molar-refractivity contribution is -0.120. The first-order valence-corrected chi connectivity index (χ1v) is 15.4. The second kappa shape index (κ2) is 12.6. The van der Waals surface area contributed by atoms with Crippen LogP contribution in [0.3, 0.4) is 0 Å². The standard InChI is InChI=1S/C32H50O4.H3O4P/c1-28(2,3)20-13-15-22(24(17-20)30(7,8)9)32(36,27(35)26(34)19-33)23-16-14-21(29(4,5)6)18-25(23)31(10,11)12;1-5(2,3)4/h13-18,26-27,33-36H,19H2,1-12H3;(H3,1,2,3,4). The van der Waals surface area contributed by atoms with E-state index in [0.29, 0.717) is 11.1 Å². The average Bonchev–Trinajstić information content (AvgIpc) is 2.78. The molecule has 0 aliphatic heterocycles. The van der Waals surface area contributed by atoms with Crippen molar-refractivity contribution in [1.82, 2.24) is 0 Å². The van der Waals surface area contributed by atoms with Gasteiger partial charge in [0.05, 0.1) is 6.61 Å². The molecule has 0 spiro atoms. The van der Waals surface area contributed by atoms with Gasteiger partial charge in [-0.25, -0.2) is 4.57 Å². The molecular formula is C32H53O8P. The Morgan fingerprint density at radius 3 is 1.12 bits per heavy atom. The molecule has 0 aromatic heterocycles. The van der Waals surface area contributed by atoms with Crippen molar-refractivity contribution < 1.29 is 39.7 Å². The van der Waals surface area contributed by atoms with Gasteiger partial charge in [-0.15, -0.1) is 0 Å². The summed E-state index contributed by atoms with van der Waals surface area (Å²) in [6, 6.07) is 12.0. The van der Waals surface area contributed by atoms with Crippen molar-refractivity contribution >= 4 is 7.82 Å². The molecule has 7 N–H and O–H groups in total. The van der Waals surface area contributed by atoms with Crippen LogP contribution in [0.2, 0.25) is 0 Å². The number of rotatable bonds is 5. The van der Waals surface area contributed by atoms with E-state index >= 15 is 0 Å². The van der Waals surface area contributed by atoms with E-state index in [2.05, 4.69) is 95.2 Å². The fourth-order valence-corrected chi connectivity index (χ4v) is 4.77. The van der Waals surface area contributed by atoms with Crippen LogP contribution in [0.25, 0.3) is 0 Å².